The van der Waals surface area contributed by atoms with E-state index in [0.29, 0.717) is 16.4 Å². The molecule has 0 unspecified atom stereocenters. The average molecular weight is 280 g/mol. The highest BCUT2D eigenvalue weighted by atomic mass is 35.5. The second-order valence-electron chi connectivity index (χ2n) is 4.32. The Morgan fingerprint density at radius 2 is 1.80 bits per heavy atom. The van der Waals surface area contributed by atoms with Gasteiger partial charge in [0.25, 0.3) is 0 Å². The summed E-state index contributed by atoms with van der Waals surface area (Å²) < 4.78 is 0. The third kappa shape index (κ3) is 2.42. The van der Waals surface area contributed by atoms with Crippen molar-refractivity contribution in [2.45, 2.75) is 0 Å². The number of aromatic nitrogens is 1. The SMILES string of the molecule is N#Cc1cc(Nc2ccc(Cl)cc2)nc2ccccc12. The summed E-state index contributed by atoms with van der Waals surface area (Å²) in [5, 5.41) is 14.0. The molecule has 0 fully saturated rings. The van der Waals surface area contributed by atoms with Crippen LogP contribution in [0.5, 0.6) is 0 Å². The zero-order valence-electron chi connectivity index (χ0n) is 10.5. The van der Waals surface area contributed by atoms with Crippen LogP contribution in [0, 0.1) is 11.3 Å². The van der Waals surface area contributed by atoms with Crippen molar-refractivity contribution in [3.8, 4) is 6.07 Å². The van der Waals surface area contributed by atoms with Crippen molar-refractivity contribution in [2.24, 2.45) is 0 Å². The number of pyridine rings is 1. The van der Waals surface area contributed by atoms with Gasteiger partial charge in [0, 0.05) is 16.1 Å². The van der Waals surface area contributed by atoms with Crippen LogP contribution in [-0.2, 0) is 0 Å². The van der Waals surface area contributed by atoms with Gasteiger partial charge >= 0.3 is 0 Å². The topological polar surface area (TPSA) is 48.7 Å². The van der Waals surface area contributed by atoms with Crippen molar-refractivity contribution >= 4 is 34.0 Å². The summed E-state index contributed by atoms with van der Waals surface area (Å²) in [6.07, 6.45) is 0. The molecule has 0 saturated carbocycles. The molecule has 0 saturated heterocycles. The minimum absolute atomic E-state index is 0.604. The summed E-state index contributed by atoms with van der Waals surface area (Å²) in [7, 11) is 0. The lowest BCUT2D eigenvalue weighted by molar-refractivity contribution is 1.36. The van der Waals surface area contributed by atoms with Crippen molar-refractivity contribution in [3.05, 3.63) is 65.2 Å². The van der Waals surface area contributed by atoms with Gasteiger partial charge in [0.1, 0.15) is 5.82 Å². The number of para-hydroxylation sites is 1. The van der Waals surface area contributed by atoms with E-state index in [2.05, 4.69) is 16.4 Å². The highest BCUT2D eigenvalue weighted by Crippen LogP contribution is 2.23. The second kappa shape index (κ2) is 5.20. The molecule has 3 nitrogen and oxygen atoms in total. The van der Waals surface area contributed by atoms with Crippen LogP contribution in [0.1, 0.15) is 5.56 Å². The zero-order chi connectivity index (χ0) is 13.9. The number of benzene rings is 2. The average Bonchev–Trinajstić information content (AvgIpc) is 2.49. The second-order valence-corrected chi connectivity index (χ2v) is 4.75. The molecule has 96 valence electrons. The molecule has 3 aromatic rings. The Morgan fingerprint density at radius 1 is 1.05 bits per heavy atom. The fourth-order valence-electron chi connectivity index (χ4n) is 2.01. The monoisotopic (exact) mass is 279 g/mol. The number of halogens is 1. The van der Waals surface area contributed by atoms with Gasteiger partial charge in [0.05, 0.1) is 17.1 Å². The van der Waals surface area contributed by atoms with Crippen molar-refractivity contribution in [2.75, 3.05) is 5.32 Å². The van der Waals surface area contributed by atoms with Crippen LogP contribution in [-0.4, -0.2) is 4.98 Å². The molecule has 0 aliphatic rings. The minimum Gasteiger partial charge on any atom is -0.340 e. The predicted molar refractivity (Wildman–Crippen MR) is 81.2 cm³/mol. The summed E-state index contributed by atoms with van der Waals surface area (Å²) in [6, 6.07) is 18.9. The lowest BCUT2D eigenvalue weighted by atomic mass is 10.1. The Balaban J connectivity index is 2.04. The van der Waals surface area contributed by atoms with E-state index in [1.165, 1.54) is 0 Å². The molecular weight excluding hydrogens is 270 g/mol. The first-order chi connectivity index (χ1) is 9.76. The minimum atomic E-state index is 0.604. The van der Waals surface area contributed by atoms with E-state index < -0.39 is 0 Å². The van der Waals surface area contributed by atoms with E-state index >= 15 is 0 Å². The maximum atomic E-state index is 9.24. The summed E-state index contributed by atoms with van der Waals surface area (Å²) in [5.41, 5.74) is 2.27. The molecule has 0 atom stereocenters. The molecule has 0 aliphatic heterocycles. The fourth-order valence-corrected chi connectivity index (χ4v) is 2.14. The number of rotatable bonds is 2. The quantitative estimate of drug-likeness (QED) is 0.751. The Hall–Kier alpha value is -2.57. The number of hydrogen-bond acceptors (Lipinski definition) is 3. The molecule has 0 bridgehead atoms. The zero-order valence-corrected chi connectivity index (χ0v) is 11.2. The number of nitriles is 1. The first-order valence-corrected chi connectivity index (χ1v) is 6.46. The van der Waals surface area contributed by atoms with Gasteiger partial charge in [-0.3, -0.25) is 0 Å². The van der Waals surface area contributed by atoms with Gasteiger partial charge in [-0.15, -0.1) is 0 Å². The van der Waals surface area contributed by atoms with E-state index in [4.69, 9.17) is 11.6 Å². The molecule has 2 aromatic carbocycles. The smallest absolute Gasteiger partial charge is 0.132 e. The number of fused-ring (bicyclic) bond motifs is 1. The van der Waals surface area contributed by atoms with E-state index in [9.17, 15) is 5.26 Å². The van der Waals surface area contributed by atoms with Gasteiger partial charge < -0.3 is 5.32 Å². The number of nitrogens with zero attached hydrogens (tertiary/aromatic N) is 2. The van der Waals surface area contributed by atoms with Crippen LogP contribution >= 0.6 is 11.6 Å². The fraction of sp³-hybridized carbons (Fsp3) is 0. The van der Waals surface area contributed by atoms with Gasteiger partial charge in [-0.2, -0.15) is 5.26 Å². The number of anilines is 2. The number of nitrogens with one attached hydrogen (secondary N) is 1. The summed E-state index contributed by atoms with van der Waals surface area (Å²) in [4.78, 5) is 4.51. The van der Waals surface area contributed by atoms with Crippen LogP contribution in [0.4, 0.5) is 11.5 Å². The highest BCUT2D eigenvalue weighted by molar-refractivity contribution is 6.30. The number of hydrogen-bond donors (Lipinski definition) is 1. The summed E-state index contributed by atoms with van der Waals surface area (Å²) in [6.45, 7) is 0. The molecule has 0 spiro atoms. The van der Waals surface area contributed by atoms with Crippen molar-refractivity contribution in [3.63, 3.8) is 0 Å². The van der Waals surface area contributed by atoms with E-state index in [0.717, 1.165) is 16.6 Å². The van der Waals surface area contributed by atoms with Gasteiger partial charge in [0.15, 0.2) is 0 Å². The van der Waals surface area contributed by atoms with E-state index in [1.54, 1.807) is 18.2 Å². The third-order valence-electron chi connectivity index (χ3n) is 2.95. The normalized spacial score (nSPS) is 10.2. The standard InChI is InChI=1S/C16H10ClN3/c17-12-5-7-13(8-6-12)19-16-9-11(10-18)14-3-1-2-4-15(14)20-16/h1-9H,(H,19,20). The predicted octanol–water partition coefficient (Wildman–Crippen LogP) is 4.50. The Bertz CT molecular complexity index is 804. The molecule has 3 rings (SSSR count). The van der Waals surface area contributed by atoms with Gasteiger partial charge in [-0.1, -0.05) is 29.8 Å². The van der Waals surface area contributed by atoms with Gasteiger partial charge in [-0.05, 0) is 36.4 Å². The molecule has 20 heavy (non-hydrogen) atoms. The first kappa shape index (κ1) is 12.5. The largest absolute Gasteiger partial charge is 0.340 e. The molecule has 4 heteroatoms. The molecule has 0 aliphatic carbocycles. The first-order valence-electron chi connectivity index (χ1n) is 6.09. The summed E-state index contributed by atoms with van der Waals surface area (Å²) >= 11 is 5.85. The molecule has 1 heterocycles. The van der Waals surface area contributed by atoms with Crippen molar-refractivity contribution in [1.29, 1.82) is 5.26 Å². The highest BCUT2D eigenvalue weighted by Gasteiger charge is 2.05. The van der Waals surface area contributed by atoms with Crippen LogP contribution in [0.2, 0.25) is 5.02 Å². The molecular formula is C16H10ClN3. The third-order valence-corrected chi connectivity index (χ3v) is 3.21. The Kier molecular flexibility index (Phi) is 3.24. The van der Waals surface area contributed by atoms with Crippen molar-refractivity contribution < 1.29 is 0 Å². The molecule has 1 aromatic heterocycles. The van der Waals surface area contributed by atoms with E-state index in [1.807, 2.05) is 36.4 Å². The Labute approximate surface area is 121 Å². The van der Waals surface area contributed by atoms with Crippen LogP contribution in [0.15, 0.2) is 54.6 Å². The Morgan fingerprint density at radius 3 is 2.55 bits per heavy atom. The maximum absolute atomic E-state index is 9.24. The van der Waals surface area contributed by atoms with Crippen LogP contribution < -0.4 is 5.32 Å². The van der Waals surface area contributed by atoms with E-state index in [-0.39, 0.29) is 0 Å². The molecule has 1 N–H and O–H groups in total. The lowest BCUT2D eigenvalue weighted by Gasteiger charge is -2.08. The molecule has 0 radical (unpaired) electrons. The summed E-state index contributed by atoms with van der Waals surface area (Å²) in [5.74, 6) is 0.641. The van der Waals surface area contributed by atoms with Crippen molar-refractivity contribution in [1.82, 2.24) is 4.98 Å². The maximum Gasteiger partial charge on any atom is 0.132 e. The van der Waals surface area contributed by atoms with Crippen LogP contribution in [0.3, 0.4) is 0 Å². The lowest BCUT2D eigenvalue weighted by Crippen LogP contribution is -1.95. The molecule has 0 amide bonds. The van der Waals surface area contributed by atoms with Crippen LogP contribution in [0.25, 0.3) is 10.9 Å². The van der Waals surface area contributed by atoms with Gasteiger partial charge in [0.2, 0.25) is 0 Å². The van der Waals surface area contributed by atoms with Gasteiger partial charge in [-0.25, -0.2) is 4.98 Å².